The minimum Gasteiger partial charge on any atom is -0.392 e. The van der Waals surface area contributed by atoms with Crippen molar-refractivity contribution >= 4 is 23.1 Å². The van der Waals surface area contributed by atoms with Crippen LogP contribution in [-0.4, -0.2) is 27.1 Å². The third-order valence-corrected chi connectivity index (χ3v) is 2.20. The largest absolute Gasteiger partial charge is 0.392 e. The fraction of sp³-hybridized carbons (Fsp3) is 0.375. The van der Waals surface area contributed by atoms with Gasteiger partial charge in [0, 0.05) is 5.69 Å². The summed E-state index contributed by atoms with van der Waals surface area (Å²) < 4.78 is 0. The van der Waals surface area contributed by atoms with Crippen LogP contribution in [0.1, 0.15) is 23.0 Å². The van der Waals surface area contributed by atoms with Crippen molar-refractivity contribution in [3.8, 4) is 0 Å². The highest BCUT2D eigenvalue weighted by atomic mass is 32.1. The summed E-state index contributed by atoms with van der Waals surface area (Å²) >= 11 is 4.74. The Balaban J connectivity index is 2.69. The van der Waals surface area contributed by atoms with Crippen molar-refractivity contribution in [3.63, 3.8) is 0 Å². The first-order chi connectivity index (χ1) is 6.52. The number of thiocarbonyl (C=S) groups is 1. The zero-order chi connectivity index (χ0) is 10.7. The molecule has 0 aliphatic heterocycles. The average molecular weight is 212 g/mol. The molecule has 0 saturated heterocycles. The molecular weight excluding hydrogens is 200 g/mol. The van der Waals surface area contributed by atoms with Gasteiger partial charge in [-0.25, -0.2) is 0 Å². The van der Waals surface area contributed by atoms with Gasteiger partial charge >= 0.3 is 0 Å². The van der Waals surface area contributed by atoms with E-state index in [9.17, 15) is 4.79 Å². The summed E-state index contributed by atoms with van der Waals surface area (Å²) in [6.45, 7) is 3.50. The van der Waals surface area contributed by atoms with Crippen molar-refractivity contribution in [2.75, 3.05) is 0 Å². The molecule has 0 radical (unpaired) electrons. The van der Waals surface area contributed by atoms with Gasteiger partial charge in [-0.15, -0.1) is 0 Å². The summed E-state index contributed by atoms with van der Waals surface area (Å²) in [5, 5.41) is 9.08. The minimum absolute atomic E-state index is 0.225. The molecule has 1 unspecified atom stereocenters. The van der Waals surface area contributed by atoms with Gasteiger partial charge < -0.3 is 11.1 Å². The van der Waals surface area contributed by atoms with Gasteiger partial charge in [0.1, 0.15) is 0 Å². The number of hydrogen-bond donors (Lipinski definition) is 3. The number of H-pyrrole nitrogens is 1. The summed E-state index contributed by atoms with van der Waals surface area (Å²) in [4.78, 5) is 11.8. The Morgan fingerprint density at radius 1 is 1.79 bits per heavy atom. The maximum atomic E-state index is 11.6. The van der Waals surface area contributed by atoms with Gasteiger partial charge in [0.15, 0.2) is 0 Å². The molecule has 0 aliphatic carbocycles. The van der Waals surface area contributed by atoms with Crippen molar-refractivity contribution in [3.05, 3.63) is 17.5 Å². The van der Waals surface area contributed by atoms with Crippen molar-refractivity contribution in [1.29, 1.82) is 0 Å². The number of aryl methyl sites for hydroxylation is 1. The van der Waals surface area contributed by atoms with Crippen LogP contribution >= 0.6 is 12.2 Å². The van der Waals surface area contributed by atoms with E-state index in [0.717, 1.165) is 5.69 Å². The Labute approximate surface area is 87.1 Å². The van der Waals surface area contributed by atoms with Crippen LogP contribution in [0, 0.1) is 6.92 Å². The lowest BCUT2D eigenvalue weighted by Gasteiger charge is -2.11. The lowest BCUT2D eigenvalue weighted by molar-refractivity contribution is 0.0949. The Kier molecular flexibility index (Phi) is 3.19. The third kappa shape index (κ3) is 2.29. The van der Waals surface area contributed by atoms with E-state index in [2.05, 4.69) is 15.5 Å². The quantitative estimate of drug-likeness (QED) is 0.621. The molecule has 0 bridgehead atoms. The van der Waals surface area contributed by atoms with E-state index in [1.54, 1.807) is 13.8 Å². The molecule has 76 valence electrons. The van der Waals surface area contributed by atoms with Gasteiger partial charge in [0.2, 0.25) is 0 Å². The summed E-state index contributed by atoms with van der Waals surface area (Å²) in [7, 11) is 0. The van der Waals surface area contributed by atoms with E-state index in [4.69, 9.17) is 18.0 Å². The minimum atomic E-state index is -0.313. The number of aromatic amines is 1. The van der Waals surface area contributed by atoms with E-state index in [0.29, 0.717) is 5.56 Å². The molecule has 0 spiro atoms. The highest BCUT2D eigenvalue weighted by Crippen LogP contribution is 2.02. The topological polar surface area (TPSA) is 83.8 Å². The van der Waals surface area contributed by atoms with Crippen LogP contribution < -0.4 is 11.1 Å². The molecule has 14 heavy (non-hydrogen) atoms. The zero-order valence-corrected chi connectivity index (χ0v) is 8.81. The summed E-state index contributed by atoms with van der Waals surface area (Å²) in [6, 6.07) is -0.313. The Hall–Kier alpha value is -1.43. The standard InChI is InChI=1S/C8H12N4OS/c1-4-6(3-10-12-4)8(13)11-5(2)7(9)14/h3,5H,1-2H3,(H2,9,14)(H,10,12)(H,11,13). The Bertz CT molecular complexity index is 360. The summed E-state index contributed by atoms with van der Waals surface area (Å²) in [5.74, 6) is -0.225. The normalized spacial score (nSPS) is 12.1. The first kappa shape index (κ1) is 10.6. The van der Waals surface area contributed by atoms with Crippen LogP contribution in [0.3, 0.4) is 0 Å². The number of carbonyl (C=O) groups excluding carboxylic acids is 1. The van der Waals surface area contributed by atoms with Gasteiger partial charge in [-0.3, -0.25) is 9.89 Å². The van der Waals surface area contributed by atoms with E-state index >= 15 is 0 Å². The number of hydrogen-bond acceptors (Lipinski definition) is 3. The molecule has 0 fully saturated rings. The van der Waals surface area contributed by atoms with Crippen molar-refractivity contribution in [1.82, 2.24) is 15.5 Å². The summed E-state index contributed by atoms with van der Waals surface area (Å²) in [5.41, 5.74) is 6.60. The maximum absolute atomic E-state index is 11.6. The predicted octanol–water partition coefficient (Wildman–Crippen LogP) is 0.123. The number of nitrogens with zero attached hydrogens (tertiary/aromatic N) is 1. The van der Waals surface area contributed by atoms with Crippen LogP contribution in [-0.2, 0) is 0 Å². The molecular formula is C8H12N4OS. The number of carbonyl (C=O) groups is 1. The molecule has 1 aromatic heterocycles. The average Bonchev–Trinajstić information content (AvgIpc) is 2.51. The van der Waals surface area contributed by atoms with Crippen LogP contribution in [0.4, 0.5) is 0 Å². The number of nitrogens with two attached hydrogens (primary N) is 1. The molecule has 5 nitrogen and oxygen atoms in total. The van der Waals surface area contributed by atoms with E-state index in [-0.39, 0.29) is 16.9 Å². The second-order valence-electron chi connectivity index (χ2n) is 3.01. The van der Waals surface area contributed by atoms with Crippen molar-refractivity contribution < 1.29 is 4.79 Å². The lowest BCUT2D eigenvalue weighted by atomic mass is 10.2. The van der Waals surface area contributed by atoms with Crippen LogP contribution in [0.15, 0.2) is 6.20 Å². The van der Waals surface area contributed by atoms with Crippen LogP contribution in [0.5, 0.6) is 0 Å². The van der Waals surface area contributed by atoms with Gasteiger partial charge in [-0.1, -0.05) is 12.2 Å². The molecule has 1 atom stereocenters. The smallest absolute Gasteiger partial charge is 0.255 e. The van der Waals surface area contributed by atoms with Crippen LogP contribution in [0.2, 0.25) is 0 Å². The fourth-order valence-corrected chi connectivity index (χ4v) is 0.984. The summed E-state index contributed by atoms with van der Waals surface area (Å²) in [6.07, 6.45) is 1.47. The Morgan fingerprint density at radius 3 is 2.86 bits per heavy atom. The van der Waals surface area contributed by atoms with E-state index in [1.807, 2.05) is 0 Å². The van der Waals surface area contributed by atoms with Crippen molar-refractivity contribution in [2.45, 2.75) is 19.9 Å². The number of rotatable bonds is 3. The third-order valence-electron chi connectivity index (χ3n) is 1.85. The highest BCUT2D eigenvalue weighted by molar-refractivity contribution is 7.80. The van der Waals surface area contributed by atoms with Gasteiger partial charge in [0.05, 0.1) is 22.8 Å². The monoisotopic (exact) mass is 212 g/mol. The van der Waals surface area contributed by atoms with Gasteiger partial charge in [-0.2, -0.15) is 5.10 Å². The lowest BCUT2D eigenvalue weighted by Crippen LogP contribution is -2.41. The number of amides is 1. The van der Waals surface area contributed by atoms with E-state index in [1.165, 1.54) is 6.20 Å². The maximum Gasteiger partial charge on any atom is 0.255 e. The Morgan fingerprint density at radius 2 is 2.43 bits per heavy atom. The molecule has 6 heteroatoms. The molecule has 1 rings (SSSR count). The molecule has 1 amide bonds. The second-order valence-corrected chi connectivity index (χ2v) is 3.48. The molecule has 1 heterocycles. The fourth-order valence-electron chi connectivity index (χ4n) is 0.925. The van der Waals surface area contributed by atoms with Crippen molar-refractivity contribution in [2.24, 2.45) is 5.73 Å². The molecule has 0 aliphatic rings. The number of nitrogens with one attached hydrogen (secondary N) is 2. The zero-order valence-electron chi connectivity index (χ0n) is 8.00. The number of aromatic nitrogens is 2. The van der Waals surface area contributed by atoms with Gasteiger partial charge in [-0.05, 0) is 13.8 Å². The molecule has 1 aromatic rings. The predicted molar refractivity (Wildman–Crippen MR) is 57.0 cm³/mol. The van der Waals surface area contributed by atoms with Gasteiger partial charge in [0.25, 0.3) is 5.91 Å². The first-order valence-corrected chi connectivity index (χ1v) is 4.53. The molecule has 0 aromatic carbocycles. The second kappa shape index (κ2) is 4.19. The first-order valence-electron chi connectivity index (χ1n) is 4.12. The molecule has 4 N–H and O–H groups in total. The van der Waals surface area contributed by atoms with Crippen LogP contribution in [0.25, 0.3) is 0 Å². The van der Waals surface area contributed by atoms with E-state index < -0.39 is 0 Å². The highest BCUT2D eigenvalue weighted by Gasteiger charge is 2.14. The molecule has 0 saturated carbocycles. The SMILES string of the molecule is Cc1[nH]ncc1C(=O)NC(C)C(N)=S.